The number of rotatable bonds is 5. The predicted molar refractivity (Wildman–Crippen MR) is 142 cm³/mol. The predicted octanol–water partition coefficient (Wildman–Crippen LogP) is 5.38. The Morgan fingerprint density at radius 1 is 1.21 bits per heavy atom. The second kappa shape index (κ2) is 8.85. The monoisotopic (exact) mass is 452 g/mol. The largest absolute Gasteiger partial charge is 0.353 e. The molecule has 0 amide bonds. The number of aromatic nitrogens is 3. The average Bonchev–Trinajstić information content (AvgIpc) is 3.56. The zero-order valence-electron chi connectivity index (χ0n) is 19.1. The highest BCUT2D eigenvalue weighted by Gasteiger charge is 2.14. The third kappa shape index (κ3) is 4.06. The number of hydrogen-bond acceptors (Lipinski definition) is 3. The summed E-state index contributed by atoms with van der Waals surface area (Å²) < 4.78 is 0. The third-order valence-electron chi connectivity index (χ3n) is 6.14. The number of H-pyrrole nitrogens is 2. The molecule has 1 aliphatic heterocycles. The Morgan fingerprint density at radius 2 is 2.09 bits per heavy atom. The molecule has 5 rings (SSSR count). The molecule has 3 N–H and O–H groups in total. The summed E-state index contributed by atoms with van der Waals surface area (Å²) in [6.07, 6.45) is 7.68. The summed E-state index contributed by atoms with van der Waals surface area (Å²) >= 11 is 1.78. The molecule has 166 valence electrons. The number of fused-ring (bicyclic) bond motifs is 1. The van der Waals surface area contributed by atoms with Crippen LogP contribution in [0.5, 0.6) is 0 Å². The molecule has 3 aromatic heterocycles. The highest BCUT2D eigenvalue weighted by atomic mass is 32.1. The van der Waals surface area contributed by atoms with Gasteiger partial charge in [0.15, 0.2) is 0 Å². The van der Waals surface area contributed by atoms with E-state index in [-0.39, 0.29) is 0 Å². The van der Waals surface area contributed by atoms with Crippen molar-refractivity contribution < 1.29 is 0 Å². The van der Waals surface area contributed by atoms with E-state index in [1.165, 1.54) is 31.9 Å². The van der Waals surface area contributed by atoms with E-state index in [1.54, 1.807) is 11.3 Å². The van der Waals surface area contributed by atoms with Crippen LogP contribution in [0.15, 0.2) is 66.3 Å². The van der Waals surface area contributed by atoms with E-state index < -0.39 is 0 Å². The quantitative estimate of drug-likeness (QED) is 0.381. The maximum Gasteiger partial charge on any atom is 0.116 e. The van der Waals surface area contributed by atoms with E-state index in [4.69, 9.17) is 0 Å². The van der Waals surface area contributed by atoms with E-state index >= 15 is 0 Å². The summed E-state index contributed by atoms with van der Waals surface area (Å²) in [5.74, 6) is 0. The van der Waals surface area contributed by atoms with Crippen LogP contribution in [0.4, 0.5) is 0 Å². The molecule has 4 nitrogen and oxygen atoms in total. The molecule has 0 saturated carbocycles. The molecular formula is C28H28N4S. The number of nitrogens with one attached hydrogen (secondary N) is 3. The summed E-state index contributed by atoms with van der Waals surface area (Å²) in [5, 5.41) is 14.1. The fourth-order valence-corrected chi connectivity index (χ4v) is 5.33. The zero-order valence-corrected chi connectivity index (χ0v) is 19.9. The lowest BCUT2D eigenvalue weighted by Crippen LogP contribution is -2.24. The molecule has 1 aliphatic rings. The van der Waals surface area contributed by atoms with Gasteiger partial charge >= 0.3 is 0 Å². The minimum Gasteiger partial charge on any atom is -0.353 e. The molecule has 1 aromatic carbocycles. The second-order valence-corrected chi connectivity index (χ2v) is 9.51. The first-order valence-electron chi connectivity index (χ1n) is 11.2. The van der Waals surface area contributed by atoms with Crippen LogP contribution in [0, 0.1) is 0 Å². The van der Waals surface area contributed by atoms with Gasteiger partial charge in [0, 0.05) is 38.0 Å². The fraction of sp³-hybridized carbons (Fsp3) is 0.179. The minimum absolute atomic E-state index is 0.821. The Morgan fingerprint density at radius 3 is 2.82 bits per heavy atom. The van der Waals surface area contributed by atoms with Crippen LogP contribution in [0.1, 0.15) is 25.1 Å². The Balaban J connectivity index is 1.62. The third-order valence-corrected chi connectivity index (χ3v) is 7.42. The number of hydrogen-bond donors (Lipinski definition) is 3. The lowest BCUT2D eigenvalue weighted by Gasteiger charge is -2.14. The van der Waals surface area contributed by atoms with E-state index in [0.29, 0.717) is 0 Å². The van der Waals surface area contributed by atoms with Gasteiger partial charge in [0.2, 0.25) is 0 Å². The molecule has 0 aliphatic carbocycles. The molecule has 4 aromatic rings. The second-order valence-electron chi connectivity index (χ2n) is 8.43. The van der Waals surface area contributed by atoms with E-state index in [2.05, 4.69) is 102 Å². The van der Waals surface area contributed by atoms with Crippen LogP contribution >= 0.6 is 11.3 Å². The first-order chi connectivity index (χ1) is 16.0. The van der Waals surface area contributed by atoms with Crippen molar-refractivity contribution in [2.45, 2.75) is 20.3 Å². The first kappa shape index (κ1) is 21.4. The molecule has 0 spiro atoms. The Kier molecular flexibility index (Phi) is 5.75. The first-order valence-corrected chi connectivity index (χ1v) is 12.1. The molecule has 0 bridgehead atoms. The fourth-order valence-electron chi connectivity index (χ4n) is 4.36. The van der Waals surface area contributed by atoms with Gasteiger partial charge in [0.25, 0.3) is 0 Å². The Labute approximate surface area is 197 Å². The van der Waals surface area contributed by atoms with Crippen molar-refractivity contribution >= 4 is 40.5 Å². The van der Waals surface area contributed by atoms with Gasteiger partial charge in [-0.05, 0) is 73.9 Å². The number of allylic oxidation sites excluding steroid dienone is 3. The molecule has 4 heterocycles. The van der Waals surface area contributed by atoms with E-state index in [0.717, 1.165) is 52.6 Å². The van der Waals surface area contributed by atoms with Gasteiger partial charge in [-0.15, -0.1) is 11.3 Å². The number of benzene rings is 1. The van der Waals surface area contributed by atoms with Crippen molar-refractivity contribution in [1.82, 2.24) is 20.5 Å². The van der Waals surface area contributed by atoms with Gasteiger partial charge in [-0.25, -0.2) is 0 Å². The normalized spacial score (nSPS) is 15.3. The van der Waals surface area contributed by atoms with Crippen molar-refractivity contribution in [3.8, 4) is 21.8 Å². The molecule has 0 atom stereocenters. The topological polar surface area (TPSA) is 56.5 Å². The highest BCUT2D eigenvalue weighted by Crippen LogP contribution is 2.36. The lowest BCUT2D eigenvalue weighted by molar-refractivity contribution is 0.710. The summed E-state index contributed by atoms with van der Waals surface area (Å²) in [7, 11) is 0. The zero-order chi connectivity index (χ0) is 22.9. The maximum atomic E-state index is 4.63. The van der Waals surface area contributed by atoms with E-state index in [9.17, 15) is 0 Å². The van der Waals surface area contributed by atoms with Crippen LogP contribution in [-0.2, 0) is 0 Å². The molecule has 0 unspecified atom stereocenters. The SMILES string of the molecule is C=C(C)c1ccc(-c2cccc3[nH]c(-c4n[nH]c(=C)/c4=C\C(=C/C)C4=CCNCC4)cc23)s1. The molecule has 0 radical (unpaired) electrons. The van der Waals surface area contributed by atoms with Gasteiger partial charge in [0.1, 0.15) is 5.69 Å². The highest BCUT2D eigenvalue weighted by molar-refractivity contribution is 7.16. The van der Waals surface area contributed by atoms with Gasteiger partial charge in [0.05, 0.1) is 11.0 Å². The molecule has 0 saturated heterocycles. The maximum absolute atomic E-state index is 4.63. The van der Waals surface area contributed by atoms with Crippen LogP contribution in [0.25, 0.3) is 51.0 Å². The number of aromatic amines is 2. The van der Waals surface area contributed by atoms with Crippen molar-refractivity contribution in [3.05, 3.63) is 81.7 Å². The van der Waals surface area contributed by atoms with E-state index in [1.807, 2.05) is 0 Å². The Bertz CT molecular complexity index is 1520. The summed E-state index contributed by atoms with van der Waals surface area (Å²) in [5.41, 5.74) is 7.89. The number of nitrogens with zero attached hydrogens (tertiary/aromatic N) is 1. The number of thiophene rings is 1. The van der Waals surface area contributed by atoms with Crippen molar-refractivity contribution in [3.63, 3.8) is 0 Å². The lowest BCUT2D eigenvalue weighted by atomic mass is 9.98. The van der Waals surface area contributed by atoms with Gasteiger partial charge in [-0.3, -0.25) is 5.10 Å². The van der Waals surface area contributed by atoms with Gasteiger partial charge < -0.3 is 10.3 Å². The van der Waals surface area contributed by atoms with Crippen molar-refractivity contribution in [1.29, 1.82) is 0 Å². The van der Waals surface area contributed by atoms with Crippen LogP contribution < -0.4 is 15.9 Å². The summed E-state index contributed by atoms with van der Waals surface area (Å²) in [6.45, 7) is 14.4. The summed E-state index contributed by atoms with van der Waals surface area (Å²) in [6, 6.07) is 12.9. The van der Waals surface area contributed by atoms with Crippen LogP contribution in [0.3, 0.4) is 0 Å². The minimum atomic E-state index is 0.821. The molecule has 5 heteroatoms. The van der Waals surface area contributed by atoms with Gasteiger partial charge in [-0.1, -0.05) is 37.4 Å². The smallest absolute Gasteiger partial charge is 0.116 e. The van der Waals surface area contributed by atoms with Gasteiger partial charge in [-0.2, -0.15) is 5.10 Å². The van der Waals surface area contributed by atoms with Crippen LogP contribution in [0.2, 0.25) is 0 Å². The molecule has 0 fully saturated rings. The van der Waals surface area contributed by atoms with Crippen molar-refractivity contribution in [2.75, 3.05) is 13.1 Å². The molecular weight excluding hydrogens is 424 g/mol. The Hall–Kier alpha value is -3.41. The standard InChI is InChI=1S/C28H28N4S/c1-5-19(20-11-13-29-14-12-20)15-22-18(4)31-32-28(22)25-16-23-21(7-6-8-24(23)30-25)27-10-9-26(33-27)17(2)3/h5-11,15-16,29-31H,2,4,12-14H2,1,3H3/b19-5+,22-15+. The molecule has 33 heavy (non-hydrogen) atoms. The van der Waals surface area contributed by atoms with Crippen molar-refractivity contribution in [2.24, 2.45) is 0 Å². The summed E-state index contributed by atoms with van der Waals surface area (Å²) in [4.78, 5) is 6.05. The van der Waals surface area contributed by atoms with Crippen LogP contribution in [-0.4, -0.2) is 28.3 Å². The average molecular weight is 453 g/mol.